The molecular weight excluding hydrogens is 264 g/mol. The van der Waals surface area contributed by atoms with Crippen LogP contribution in [0.1, 0.15) is 40.0 Å². The zero-order valence-electron chi connectivity index (χ0n) is 12.5. The molecule has 1 heterocycles. The molecule has 0 aliphatic carbocycles. The zero-order chi connectivity index (χ0) is 15.0. The average Bonchev–Trinajstić information content (AvgIpc) is 2.37. The van der Waals surface area contributed by atoms with E-state index in [0.717, 1.165) is 0 Å². The predicted molar refractivity (Wildman–Crippen MR) is 70.9 cm³/mol. The van der Waals surface area contributed by atoms with Crippen LogP contribution in [-0.2, 0) is 28.5 Å². The predicted octanol–water partition coefficient (Wildman–Crippen LogP) is 1.66. The molecule has 0 aromatic rings. The molecule has 0 aromatic heterocycles. The van der Waals surface area contributed by atoms with Crippen LogP contribution in [0.25, 0.3) is 0 Å². The molecule has 1 aliphatic rings. The van der Waals surface area contributed by atoms with E-state index in [1.54, 1.807) is 0 Å². The van der Waals surface area contributed by atoms with Crippen LogP contribution in [0.4, 0.5) is 0 Å². The van der Waals surface area contributed by atoms with E-state index in [1.165, 1.54) is 0 Å². The third-order valence-electron chi connectivity index (χ3n) is 2.50. The maximum atomic E-state index is 11.5. The highest BCUT2D eigenvalue weighted by molar-refractivity contribution is 5.72. The monoisotopic (exact) mass is 288 g/mol. The Kier molecular flexibility index (Phi) is 6.95. The molecular formula is C14H24O6. The topological polar surface area (TPSA) is 71.1 Å². The molecule has 6 heteroatoms. The van der Waals surface area contributed by atoms with Gasteiger partial charge >= 0.3 is 11.9 Å². The van der Waals surface area contributed by atoms with E-state index in [0.29, 0.717) is 26.2 Å². The number of ether oxygens (including phenoxy) is 4. The van der Waals surface area contributed by atoms with Crippen molar-refractivity contribution in [3.63, 3.8) is 0 Å². The molecule has 0 aromatic carbocycles. The zero-order valence-corrected chi connectivity index (χ0v) is 12.5. The van der Waals surface area contributed by atoms with Gasteiger partial charge in [0.1, 0.15) is 12.9 Å². The Morgan fingerprint density at radius 2 is 1.70 bits per heavy atom. The van der Waals surface area contributed by atoms with Crippen LogP contribution in [0.3, 0.4) is 0 Å². The van der Waals surface area contributed by atoms with Gasteiger partial charge in [0, 0.05) is 12.8 Å². The number of hydrogen-bond donors (Lipinski definition) is 0. The van der Waals surface area contributed by atoms with Crippen LogP contribution in [0.2, 0.25) is 0 Å². The summed E-state index contributed by atoms with van der Waals surface area (Å²) in [6, 6.07) is 0. The van der Waals surface area contributed by atoms with Crippen LogP contribution in [0.15, 0.2) is 0 Å². The van der Waals surface area contributed by atoms with E-state index in [4.69, 9.17) is 18.9 Å². The first kappa shape index (κ1) is 16.9. The van der Waals surface area contributed by atoms with Crippen LogP contribution in [0.5, 0.6) is 0 Å². The Labute approximate surface area is 119 Å². The highest BCUT2D eigenvalue weighted by atomic mass is 16.7. The highest BCUT2D eigenvalue weighted by Gasteiger charge is 2.19. The Balaban J connectivity index is 2.07. The van der Waals surface area contributed by atoms with Crippen molar-refractivity contribution in [1.82, 2.24) is 0 Å². The SMILES string of the molecule is CC(C)(C)COC(=O)CCCC(=O)OC1COCOC1. The van der Waals surface area contributed by atoms with E-state index >= 15 is 0 Å². The maximum absolute atomic E-state index is 11.5. The summed E-state index contributed by atoms with van der Waals surface area (Å²) in [6.45, 7) is 7.32. The molecule has 0 unspecified atom stereocenters. The minimum atomic E-state index is -0.343. The molecule has 0 spiro atoms. The largest absolute Gasteiger partial charge is 0.465 e. The fourth-order valence-corrected chi connectivity index (χ4v) is 1.53. The smallest absolute Gasteiger partial charge is 0.306 e. The molecule has 0 saturated carbocycles. The van der Waals surface area contributed by atoms with Crippen LogP contribution < -0.4 is 0 Å². The lowest BCUT2D eigenvalue weighted by molar-refractivity contribution is -0.183. The number of carbonyl (C=O) groups excluding carboxylic acids is 2. The first-order valence-corrected chi connectivity index (χ1v) is 6.87. The third-order valence-corrected chi connectivity index (χ3v) is 2.50. The Bertz CT molecular complexity index is 314. The van der Waals surface area contributed by atoms with Crippen molar-refractivity contribution in [2.24, 2.45) is 5.41 Å². The van der Waals surface area contributed by atoms with Crippen molar-refractivity contribution in [2.75, 3.05) is 26.6 Å². The summed E-state index contributed by atoms with van der Waals surface area (Å²) < 4.78 is 20.3. The van der Waals surface area contributed by atoms with Crippen molar-refractivity contribution >= 4 is 11.9 Å². The summed E-state index contributed by atoms with van der Waals surface area (Å²) >= 11 is 0. The van der Waals surface area contributed by atoms with Gasteiger partial charge in [-0.2, -0.15) is 0 Å². The lowest BCUT2D eigenvalue weighted by Crippen LogP contribution is -2.33. The fraction of sp³-hybridized carbons (Fsp3) is 0.857. The minimum absolute atomic E-state index is 0.0461. The van der Waals surface area contributed by atoms with Crippen molar-refractivity contribution < 1.29 is 28.5 Å². The second-order valence-electron chi connectivity index (χ2n) is 6.05. The summed E-state index contributed by atoms with van der Waals surface area (Å²) in [5.41, 5.74) is -0.0461. The van der Waals surface area contributed by atoms with Crippen molar-refractivity contribution in [3.8, 4) is 0 Å². The van der Waals surface area contributed by atoms with Gasteiger partial charge in [0.2, 0.25) is 0 Å². The summed E-state index contributed by atoms with van der Waals surface area (Å²) in [5, 5.41) is 0. The number of esters is 2. The summed E-state index contributed by atoms with van der Waals surface area (Å²) in [7, 11) is 0. The van der Waals surface area contributed by atoms with Gasteiger partial charge in [0.15, 0.2) is 0 Å². The van der Waals surface area contributed by atoms with Crippen LogP contribution >= 0.6 is 0 Å². The summed E-state index contributed by atoms with van der Waals surface area (Å²) in [4.78, 5) is 23.0. The maximum Gasteiger partial charge on any atom is 0.306 e. The first-order valence-electron chi connectivity index (χ1n) is 6.87. The molecule has 1 aliphatic heterocycles. The molecule has 1 saturated heterocycles. The van der Waals surface area contributed by atoms with E-state index in [1.807, 2.05) is 20.8 Å². The van der Waals surface area contributed by atoms with Gasteiger partial charge < -0.3 is 18.9 Å². The average molecular weight is 288 g/mol. The molecule has 20 heavy (non-hydrogen) atoms. The molecule has 0 N–H and O–H groups in total. The summed E-state index contributed by atoms with van der Waals surface area (Å²) in [6.07, 6.45) is 0.504. The number of rotatable bonds is 6. The normalized spacial score (nSPS) is 16.8. The number of carbonyl (C=O) groups is 2. The molecule has 1 fully saturated rings. The van der Waals surface area contributed by atoms with E-state index in [9.17, 15) is 9.59 Å². The van der Waals surface area contributed by atoms with Gasteiger partial charge in [0.05, 0.1) is 19.8 Å². The second kappa shape index (κ2) is 8.21. The molecule has 0 amide bonds. The van der Waals surface area contributed by atoms with Gasteiger partial charge in [0.25, 0.3) is 0 Å². The van der Waals surface area contributed by atoms with Crippen molar-refractivity contribution in [3.05, 3.63) is 0 Å². The van der Waals surface area contributed by atoms with Gasteiger partial charge in [-0.15, -0.1) is 0 Å². The van der Waals surface area contributed by atoms with Crippen LogP contribution in [-0.4, -0.2) is 44.7 Å². The van der Waals surface area contributed by atoms with Crippen molar-refractivity contribution in [2.45, 2.75) is 46.1 Å². The Hall–Kier alpha value is -1.14. The molecule has 0 bridgehead atoms. The van der Waals surface area contributed by atoms with E-state index in [2.05, 4.69) is 0 Å². The first-order chi connectivity index (χ1) is 9.37. The molecule has 0 radical (unpaired) electrons. The van der Waals surface area contributed by atoms with Gasteiger partial charge in [-0.25, -0.2) is 0 Å². The lowest BCUT2D eigenvalue weighted by Gasteiger charge is -2.22. The molecule has 0 atom stereocenters. The van der Waals surface area contributed by atoms with E-state index in [-0.39, 0.29) is 43.1 Å². The summed E-state index contributed by atoms with van der Waals surface area (Å²) in [5.74, 6) is -0.621. The molecule has 6 nitrogen and oxygen atoms in total. The van der Waals surface area contributed by atoms with Crippen molar-refractivity contribution in [1.29, 1.82) is 0 Å². The minimum Gasteiger partial charge on any atom is -0.465 e. The molecule has 1 rings (SSSR count). The van der Waals surface area contributed by atoms with Gasteiger partial charge in [-0.1, -0.05) is 20.8 Å². The fourth-order valence-electron chi connectivity index (χ4n) is 1.53. The quantitative estimate of drug-likeness (QED) is 0.692. The highest BCUT2D eigenvalue weighted by Crippen LogP contribution is 2.13. The molecule has 116 valence electrons. The number of hydrogen-bond acceptors (Lipinski definition) is 6. The Morgan fingerprint density at radius 3 is 2.30 bits per heavy atom. The Morgan fingerprint density at radius 1 is 1.10 bits per heavy atom. The standard InChI is InChI=1S/C14H24O6/c1-14(2,3)9-19-12(15)5-4-6-13(16)20-11-7-17-10-18-8-11/h11H,4-10H2,1-3H3. The van der Waals surface area contributed by atoms with Crippen LogP contribution in [0, 0.1) is 5.41 Å². The second-order valence-corrected chi connectivity index (χ2v) is 6.05. The van der Waals surface area contributed by atoms with E-state index < -0.39 is 0 Å². The van der Waals surface area contributed by atoms with Gasteiger partial charge in [-0.05, 0) is 11.8 Å². The lowest BCUT2D eigenvalue weighted by atomic mass is 9.99. The third kappa shape index (κ3) is 8.12. The van der Waals surface area contributed by atoms with Gasteiger partial charge in [-0.3, -0.25) is 9.59 Å².